The quantitative estimate of drug-likeness (QED) is 0.553. The molecule has 0 unspecified atom stereocenters. The smallest absolute Gasteiger partial charge is 0.290 e. The second-order valence-electron chi connectivity index (χ2n) is 7.48. The van der Waals surface area contributed by atoms with Gasteiger partial charge in [-0.15, -0.1) is 0 Å². The number of aromatic hydroxyl groups is 1. The van der Waals surface area contributed by atoms with E-state index >= 15 is 0 Å². The van der Waals surface area contributed by atoms with Crippen LogP contribution in [-0.4, -0.2) is 40.7 Å². The van der Waals surface area contributed by atoms with Gasteiger partial charge in [0, 0.05) is 36.4 Å². The van der Waals surface area contributed by atoms with Gasteiger partial charge in [-0.3, -0.25) is 14.6 Å². The zero-order valence-corrected chi connectivity index (χ0v) is 17.5. The number of anilines is 1. The topological polar surface area (TPSA) is 103 Å². The summed E-state index contributed by atoms with van der Waals surface area (Å²) in [6.45, 7) is 4.22. The van der Waals surface area contributed by atoms with Crippen molar-refractivity contribution in [1.82, 2.24) is 10.3 Å². The molecule has 0 atom stereocenters. The average Bonchev–Trinajstić information content (AvgIpc) is 2.78. The van der Waals surface area contributed by atoms with Crippen molar-refractivity contribution in [1.29, 1.82) is 0 Å². The number of amides is 1. The van der Waals surface area contributed by atoms with E-state index in [1.54, 1.807) is 24.3 Å². The summed E-state index contributed by atoms with van der Waals surface area (Å²) in [5, 5.41) is 20.4. The summed E-state index contributed by atoms with van der Waals surface area (Å²) in [4.78, 5) is 28.2. The van der Waals surface area contributed by atoms with E-state index in [0.29, 0.717) is 23.0 Å². The van der Waals surface area contributed by atoms with E-state index in [1.807, 2.05) is 13.0 Å². The van der Waals surface area contributed by atoms with Crippen molar-refractivity contribution in [2.45, 2.75) is 32.7 Å². The second kappa shape index (κ2) is 10.4. The van der Waals surface area contributed by atoms with Gasteiger partial charge >= 0.3 is 0 Å². The highest BCUT2D eigenvalue weighted by Crippen LogP contribution is 2.25. The summed E-state index contributed by atoms with van der Waals surface area (Å²) in [6.07, 6.45) is 3.72. The van der Waals surface area contributed by atoms with E-state index in [2.05, 4.69) is 33.4 Å². The Labute approximate surface area is 181 Å². The third-order valence-electron chi connectivity index (χ3n) is 5.29. The largest absolute Gasteiger partial charge is 0.508 e. The molecule has 7 nitrogen and oxygen atoms in total. The Morgan fingerprint density at radius 3 is 2.58 bits per heavy atom. The fraction of sp³-hybridized carbons (Fsp3) is 0.292. The Morgan fingerprint density at radius 1 is 1.13 bits per heavy atom. The molecule has 1 aromatic heterocycles. The maximum Gasteiger partial charge on any atom is 0.290 e. The molecule has 7 heteroatoms. The van der Waals surface area contributed by atoms with Crippen LogP contribution in [0.4, 0.5) is 5.69 Å². The Balaban J connectivity index is 0.000000858. The predicted octanol–water partition coefficient (Wildman–Crippen LogP) is 3.87. The van der Waals surface area contributed by atoms with Crippen molar-refractivity contribution < 1.29 is 19.8 Å². The molecule has 31 heavy (non-hydrogen) atoms. The van der Waals surface area contributed by atoms with Crippen LogP contribution in [0.2, 0.25) is 0 Å². The zero-order chi connectivity index (χ0) is 22.2. The van der Waals surface area contributed by atoms with Gasteiger partial charge in [-0.05, 0) is 62.1 Å². The highest BCUT2D eigenvalue weighted by atomic mass is 16.3. The number of aryl methyl sites for hydroxylation is 1. The summed E-state index contributed by atoms with van der Waals surface area (Å²) in [7, 11) is 0. The molecular formula is C24H27N3O4. The van der Waals surface area contributed by atoms with Crippen LogP contribution >= 0.6 is 0 Å². The third kappa shape index (κ3) is 5.51. The number of nitrogens with one attached hydrogen (secondary N) is 1. The number of hydrogen-bond acceptors (Lipinski definition) is 5. The number of nitrogens with zero attached hydrogens (tertiary/aromatic N) is 2. The van der Waals surface area contributed by atoms with Crippen molar-refractivity contribution in [2.24, 2.45) is 0 Å². The van der Waals surface area contributed by atoms with Crippen LogP contribution in [0.25, 0.3) is 10.9 Å². The third-order valence-corrected chi connectivity index (χ3v) is 5.29. The lowest BCUT2D eigenvalue weighted by Crippen LogP contribution is -2.31. The predicted molar refractivity (Wildman–Crippen MR) is 121 cm³/mol. The minimum absolute atomic E-state index is 0.127. The van der Waals surface area contributed by atoms with Gasteiger partial charge in [0.15, 0.2) is 0 Å². The number of para-hydroxylation sites is 1. The Hall–Kier alpha value is -3.61. The molecule has 1 saturated heterocycles. The van der Waals surface area contributed by atoms with Crippen LogP contribution in [0.15, 0.2) is 48.5 Å². The molecule has 1 aliphatic heterocycles. The second-order valence-corrected chi connectivity index (χ2v) is 7.48. The van der Waals surface area contributed by atoms with E-state index in [1.165, 1.54) is 24.9 Å². The number of phenolic OH excluding ortho intramolecular Hbond substituents is 1. The molecule has 1 amide bonds. The highest BCUT2D eigenvalue weighted by molar-refractivity contribution is 6.06. The van der Waals surface area contributed by atoms with Gasteiger partial charge < -0.3 is 20.4 Å². The van der Waals surface area contributed by atoms with Gasteiger partial charge in [0.05, 0.1) is 11.1 Å². The highest BCUT2D eigenvalue weighted by Gasteiger charge is 2.16. The SMILES string of the molecule is Cc1cc(C(=O)NCc2ccccc2N2CCCCC2)c2cc(O)ccc2n1.O=CO. The van der Waals surface area contributed by atoms with E-state index in [-0.39, 0.29) is 18.1 Å². The molecule has 0 radical (unpaired) electrons. The van der Waals surface area contributed by atoms with Crippen molar-refractivity contribution in [3.05, 3.63) is 65.4 Å². The fourth-order valence-electron chi connectivity index (χ4n) is 3.91. The number of benzene rings is 2. The van der Waals surface area contributed by atoms with Crippen molar-refractivity contribution >= 4 is 29.0 Å². The van der Waals surface area contributed by atoms with E-state index in [9.17, 15) is 9.90 Å². The van der Waals surface area contributed by atoms with Crippen molar-refractivity contribution in [2.75, 3.05) is 18.0 Å². The van der Waals surface area contributed by atoms with Gasteiger partial charge in [-0.1, -0.05) is 18.2 Å². The number of fused-ring (bicyclic) bond motifs is 1. The average molecular weight is 421 g/mol. The molecule has 3 N–H and O–H groups in total. The lowest BCUT2D eigenvalue weighted by Gasteiger charge is -2.30. The Kier molecular flexibility index (Phi) is 7.43. The van der Waals surface area contributed by atoms with E-state index in [0.717, 1.165) is 24.3 Å². The molecule has 0 spiro atoms. The van der Waals surface area contributed by atoms with Gasteiger partial charge in [0.25, 0.3) is 12.4 Å². The molecule has 1 fully saturated rings. The summed E-state index contributed by atoms with van der Waals surface area (Å²) in [5.41, 5.74) is 4.34. The minimum Gasteiger partial charge on any atom is -0.508 e. The first kappa shape index (κ1) is 22.1. The summed E-state index contributed by atoms with van der Waals surface area (Å²) in [5.74, 6) is -0.0304. The van der Waals surface area contributed by atoms with Gasteiger partial charge in [0.2, 0.25) is 0 Å². The number of carbonyl (C=O) groups is 2. The first-order valence-electron chi connectivity index (χ1n) is 10.3. The van der Waals surface area contributed by atoms with Crippen LogP contribution in [0.1, 0.15) is 40.9 Å². The number of pyridine rings is 1. The summed E-state index contributed by atoms with van der Waals surface area (Å²) >= 11 is 0. The molecule has 1 aliphatic rings. The number of piperidine rings is 1. The molecule has 2 heterocycles. The van der Waals surface area contributed by atoms with Crippen LogP contribution in [0.3, 0.4) is 0 Å². The monoisotopic (exact) mass is 421 g/mol. The maximum atomic E-state index is 12.9. The lowest BCUT2D eigenvalue weighted by atomic mass is 10.1. The molecular weight excluding hydrogens is 394 g/mol. The van der Waals surface area contributed by atoms with Crippen LogP contribution < -0.4 is 10.2 Å². The molecule has 0 aliphatic carbocycles. The first-order chi connectivity index (χ1) is 15.0. The minimum atomic E-state index is -0.250. The number of rotatable bonds is 4. The van der Waals surface area contributed by atoms with Crippen molar-refractivity contribution in [3.8, 4) is 5.75 Å². The number of carboxylic acid groups (broad SMARTS) is 1. The molecule has 162 valence electrons. The summed E-state index contributed by atoms with van der Waals surface area (Å²) < 4.78 is 0. The van der Waals surface area contributed by atoms with Crippen LogP contribution in [0.5, 0.6) is 5.75 Å². The Bertz CT molecular complexity index is 1060. The van der Waals surface area contributed by atoms with Crippen LogP contribution in [0, 0.1) is 6.92 Å². The number of aromatic nitrogens is 1. The molecule has 0 bridgehead atoms. The van der Waals surface area contributed by atoms with Gasteiger partial charge in [-0.2, -0.15) is 0 Å². The van der Waals surface area contributed by atoms with E-state index < -0.39 is 0 Å². The number of phenols is 1. The van der Waals surface area contributed by atoms with Gasteiger partial charge in [-0.25, -0.2) is 0 Å². The zero-order valence-electron chi connectivity index (χ0n) is 17.5. The standard InChI is InChI=1S/C23H25N3O2.CH2O2/c1-16-13-20(19-14-18(27)9-10-21(19)25-16)23(28)24-15-17-7-3-4-8-22(17)26-11-5-2-6-12-26;2-1-3/h3-4,7-10,13-14,27H,2,5-6,11-12,15H2,1H3,(H,24,28);1H,(H,2,3). The maximum absolute atomic E-state index is 12.9. The number of hydrogen-bond donors (Lipinski definition) is 3. The number of carbonyl (C=O) groups excluding carboxylic acids is 1. The first-order valence-corrected chi connectivity index (χ1v) is 10.3. The summed E-state index contributed by atoms with van der Waals surface area (Å²) in [6, 6.07) is 15.0. The fourth-order valence-corrected chi connectivity index (χ4v) is 3.91. The Morgan fingerprint density at radius 2 is 1.84 bits per heavy atom. The molecule has 3 aromatic rings. The molecule has 2 aromatic carbocycles. The molecule has 4 rings (SSSR count). The lowest BCUT2D eigenvalue weighted by molar-refractivity contribution is -0.122. The van der Waals surface area contributed by atoms with Crippen molar-refractivity contribution in [3.63, 3.8) is 0 Å². The van der Waals surface area contributed by atoms with Crippen LogP contribution in [-0.2, 0) is 11.3 Å². The molecule has 0 saturated carbocycles. The normalized spacial score (nSPS) is 13.3. The van der Waals surface area contributed by atoms with E-state index in [4.69, 9.17) is 9.90 Å². The van der Waals surface area contributed by atoms with Gasteiger partial charge in [0.1, 0.15) is 5.75 Å².